The minimum absolute atomic E-state index is 0.00385. The van der Waals surface area contributed by atoms with Gasteiger partial charge < -0.3 is 16.0 Å². The highest BCUT2D eigenvalue weighted by Crippen LogP contribution is 2.39. The fraction of sp³-hybridized carbons (Fsp3) is 0.0938. The fourth-order valence-electron chi connectivity index (χ4n) is 4.01. The third-order valence-corrected chi connectivity index (χ3v) is 7.40. The zero-order valence-electron chi connectivity index (χ0n) is 23.8. The number of rotatable bonds is 9. The molecule has 15 heteroatoms. The highest BCUT2D eigenvalue weighted by atomic mass is 32.2. The van der Waals surface area contributed by atoms with Crippen LogP contribution in [0.15, 0.2) is 89.5 Å². The Kier molecular flexibility index (Phi) is 10.7. The van der Waals surface area contributed by atoms with Gasteiger partial charge in [-0.05, 0) is 49.4 Å². The Morgan fingerprint density at radius 2 is 1.38 bits per heavy atom. The SMILES string of the molecule is CC(Sc1cccc(NC(=O)/C(=C/c2ccccc2F)NC(=O)c2ccccc2)c1)C(=O)Nc1c(F)c(F)c(C(F)(F)F)c(F)c1F. The summed E-state index contributed by atoms with van der Waals surface area (Å²) in [7, 11) is 0. The van der Waals surface area contributed by atoms with Gasteiger partial charge in [-0.15, -0.1) is 11.8 Å². The van der Waals surface area contributed by atoms with E-state index in [4.69, 9.17) is 0 Å². The van der Waals surface area contributed by atoms with Crippen molar-refractivity contribution in [3.63, 3.8) is 0 Å². The standard InChI is InChI=1S/C32H21F8N3O3S/c1-16(29(44)43-28-26(36)24(34)23(32(38,39)40)25(35)27(28)37)47-20-12-7-11-19(15-20)41-31(46)22(14-18-10-5-6-13-21(18)33)42-30(45)17-8-3-2-4-9-17/h2-16H,1H3,(H,41,46)(H,42,45)(H,43,44)/b22-14-. The predicted octanol–water partition coefficient (Wildman–Crippen LogP) is 7.93. The number of thioether (sulfide) groups is 1. The van der Waals surface area contributed by atoms with E-state index in [1.165, 1.54) is 61.5 Å². The first kappa shape index (κ1) is 34.7. The first-order chi connectivity index (χ1) is 22.2. The van der Waals surface area contributed by atoms with Gasteiger partial charge >= 0.3 is 6.18 Å². The number of amides is 3. The number of carbonyl (C=O) groups excluding carboxylic acids is 3. The molecule has 4 aromatic rings. The van der Waals surface area contributed by atoms with Crippen LogP contribution in [0.1, 0.15) is 28.4 Å². The second kappa shape index (κ2) is 14.5. The Morgan fingerprint density at radius 1 is 0.766 bits per heavy atom. The quantitative estimate of drug-likeness (QED) is 0.0726. The molecule has 1 atom stereocenters. The van der Waals surface area contributed by atoms with Crippen molar-refractivity contribution < 1.29 is 49.5 Å². The lowest BCUT2D eigenvalue weighted by atomic mass is 10.1. The maximum atomic E-state index is 14.4. The van der Waals surface area contributed by atoms with E-state index in [9.17, 15) is 49.5 Å². The smallest absolute Gasteiger partial charge is 0.321 e. The summed E-state index contributed by atoms with van der Waals surface area (Å²) >= 11 is 0.751. The third-order valence-electron chi connectivity index (χ3n) is 6.30. The molecular weight excluding hydrogens is 658 g/mol. The van der Waals surface area contributed by atoms with Gasteiger partial charge in [-0.3, -0.25) is 14.4 Å². The molecule has 0 heterocycles. The van der Waals surface area contributed by atoms with Crippen molar-refractivity contribution in [2.24, 2.45) is 0 Å². The van der Waals surface area contributed by atoms with Gasteiger partial charge in [0.1, 0.15) is 22.8 Å². The Labute approximate surface area is 265 Å². The maximum Gasteiger partial charge on any atom is 0.422 e. The van der Waals surface area contributed by atoms with Crippen LogP contribution in [0.25, 0.3) is 6.08 Å². The summed E-state index contributed by atoms with van der Waals surface area (Å²) < 4.78 is 109. The number of benzene rings is 4. The van der Waals surface area contributed by atoms with E-state index in [-0.39, 0.29) is 27.4 Å². The summed E-state index contributed by atoms with van der Waals surface area (Å²) in [5.41, 5.74) is -4.50. The Balaban J connectivity index is 1.51. The summed E-state index contributed by atoms with van der Waals surface area (Å²) in [6.07, 6.45) is -4.62. The fourth-order valence-corrected chi connectivity index (χ4v) is 4.93. The largest absolute Gasteiger partial charge is 0.422 e. The van der Waals surface area contributed by atoms with E-state index in [1.807, 2.05) is 0 Å². The lowest BCUT2D eigenvalue weighted by Gasteiger charge is -2.17. The van der Waals surface area contributed by atoms with E-state index in [1.54, 1.807) is 23.5 Å². The van der Waals surface area contributed by atoms with Gasteiger partial charge in [-0.25, -0.2) is 22.0 Å². The van der Waals surface area contributed by atoms with Gasteiger partial charge in [0.25, 0.3) is 11.8 Å². The van der Waals surface area contributed by atoms with Gasteiger partial charge in [0, 0.05) is 21.7 Å². The topological polar surface area (TPSA) is 87.3 Å². The first-order valence-electron chi connectivity index (χ1n) is 13.3. The molecule has 4 aromatic carbocycles. The van der Waals surface area contributed by atoms with Crippen molar-refractivity contribution >= 4 is 46.9 Å². The molecule has 0 spiro atoms. The molecule has 0 aliphatic carbocycles. The minimum atomic E-state index is -5.75. The number of anilines is 2. The summed E-state index contributed by atoms with van der Waals surface area (Å²) in [5.74, 6) is -13.7. The summed E-state index contributed by atoms with van der Waals surface area (Å²) in [6.45, 7) is 1.23. The van der Waals surface area contributed by atoms with E-state index in [2.05, 4.69) is 10.6 Å². The van der Waals surface area contributed by atoms with Crippen molar-refractivity contribution in [1.29, 1.82) is 0 Å². The number of halogens is 8. The maximum absolute atomic E-state index is 14.4. The molecule has 1 unspecified atom stereocenters. The molecule has 244 valence electrons. The van der Waals surface area contributed by atoms with Crippen LogP contribution >= 0.6 is 11.8 Å². The van der Waals surface area contributed by atoms with Crippen molar-refractivity contribution in [1.82, 2.24) is 5.32 Å². The molecule has 3 N–H and O–H groups in total. The minimum Gasteiger partial charge on any atom is -0.321 e. The lowest BCUT2D eigenvalue weighted by molar-refractivity contribution is -0.143. The van der Waals surface area contributed by atoms with E-state index < -0.39 is 69.5 Å². The second-order valence-electron chi connectivity index (χ2n) is 9.63. The molecular formula is C32H21F8N3O3S. The predicted molar refractivity (Wildman–Crippen MR) is 159 cm³/mol. The van der Waals surface area contributed by atoms with E-state index in [0.29, 0.717) is 0 Å². The Bertz CT molecular complexity index is 1840. The molecule has 0 aliphatic rings. The number of alkyl halides is 3. The van der Waals surface area contributed by atoms with Crippen molar-refractivity contribution in [3.05, 3.63) is 130 Å². The highest BCUT2D eigenvalue weighted by molar-refractivity contribution is 8.00. The van der Waals surface area contributed by atoms with Crippen molar-refractivity contribution in [2.75, 3.05) is 10.6 Å². The Morgan fingerprint density at radius 3 is 2.00 bits per heavy atom. The zero-order valence-corrected chi connectivity index (χ0v) is 24.6. The third kappa shape index (κ3) is 8.35. The average molecular weight is 680 g/mol. The van der Waals surface area contributed by atoms with Crippen LogP contribution in [0.3, 0.4) is 0 Å². The summed E-state index contributed by atoms with van der Waals surface area (Å²) in [6, 6.07) is 19.1. The highest BCUT2D eigenvalue weighted by Gasteiger charge is 2.42. The van der Waals surface area contributed by atoms with Gasteiger partial charge in [0.05, 0.1) is 5.25 Å². The molecule has 0 bridgehead atoms. The van der Waals surface area contributed by atoms with Crippen LogP contribution in [0.5, 0.6) is 0 Å². The molecule has 3 amide bonds. The van der Waals surface area contributed by atoms with E-state index in [0.717, 1.165) is 23.9 Å². The molecule has 0 fully saturated rings. The lowest BCUT2D eigenvalue weighted by Crippen LogP contribution is -2.30. The monoisotopic (exact) mass is 679 g/mol. The van der Waals surface area contributed by atoms with Crippen LogP contribution in [0.4, 0.5) is 46.5 Å². The van der Waals surface area contributed by atoms with Crippen LogP contribution in [0.2, 0.25) is 0 Å². The molecule has 4 rings (SSSR count). The van der Waals surface area contributed by atoms with E-state index >= 15 is 0 Å². The van der Waals surface area contributed by atoms with Crippen LogP contribution in [-0.2, 0) is 15.8 Å². The average Bonchev–Trinajstić information content (AvgIpc) is 3.02. The first-order valence-corrected chi connectivity index (χ1v) is 14.2. The van der Waals surface area contributed by atoms with Crippen molar-refractivity contribution in [3.8, 4) is 0 Å². The molecule has 0 radical (unpaired) electrons. The zero-order chi connectivity index (χ0) is 34.5. The molecule has 0 saturated carbocycles. The normalized spacial score (nSPS) is 12.3. The number of hydrogen-bond donors (Lipinski definition) is 3. The number of carbonyl (C=O) groups is 3. The van der Waals surface area contributed by atoms with Gasteiger partial charge in [-0.1, -0.05) is 42.5 Å². The molecule has 0 saturated heterocycles. The van der Waals surface area contributed by atoms with Crippen LogP contribution < -0.4 is 16.0 Å². The molecule has 0 aliphatic heterocycles. The summed E-state index contributed by atoms with van der Waals surface area (Å²) in [4.78, 5) is 38.9. The van der Waals surface area contributed by atoms with Gasteiger partial charge in [0.15, 0.2) is 23.3 Å². The summed E-state index contributed by atoms with van der Waals surface area (Å²) in [5, 5.41) is 5.32. The molecule has 0 aromatic heterocycles. The van der Waals surface area contributed by atoms with Crippen LogP contribution in [0, 0.1) is 29.1 Å². The van der Waals surface area contributed by atoms with Gasteiger partial charge in [0.2, 0.25) is 5.91 Å². The number of hydrogen-bond acceptors (Lipinski definition) is 4. The molecule has 47 heavy (non-hydrogen) atoms. The van der Waals surface area contributed by atoms with Crippen LogP contribution in [-0.4, -0.2) is 23.0 Å². The molecule has 6 nitrogen and oxygen atoms in total. The second-order valence-corrected chi connectivity index (χ2v) is 11.0. The van der Waals surface area contributed by atoms with Gasteiger partial charge in [-0.2, -0.15) is 13.2 Å². The van der Waals surface area contributed by atoms with Crippen molar-refractivity contribution in [2.45, 2.75) is 23.2 Å². The number of nitrogens with one attached hydrogen (secondary N) is 3. The Hall–Kier alpha value is -5.18.